The van der Waals surface area contributed by atoms with Crippen molar-refractivity contribution in [2.24, 2.45) is 12.8 Å². The summed E-state index contributed by atoms with van der Waals surface area (Å²) in [6, 6.07) is -0.0235. The van der Waals surface area contributed by atoms with Gasteiger partial charge in [0.05, 0.1) is 6.04 Å². The lowest BCUT2D eigenvalue weighted by Crippen LogP contribution is -2.14. The molecule has 0 fully saturated rings. The van der Waals surface area contributed by atoms with Gasteiger partial charge in [-0.1, -0.05) is 6.92 Å². The minimum Gasteiger partial charge on any atom is -0.357 e. The molecule has 3 N–H and O–H groups in total. The second-order valence-electron chi connectivity index (χ2n) is 2.71. The molecule has 0 spiro atoms. The van der Waals surface area contributed by atoms with Gasteiger partial charge in [0, 0.05) is 14.1 Å². The summed E-state index contributed by atoms with van der Waals surface area (Å²) in [6.45, 7) is 2.03. The maximum Gasteiger partial charge on any atom is 0.224 e. The molecule has 0 radical (unpaired) electrons. The van der Waals surface area contributed by atoms with Crippen molar-refractivity contribution in [1.82, 2.24) is 14.8 Å². The van der Waals surface area contributed by atoms with Crippen LogP contribution in [0.5, 0.6) is 0 Å². The lowest BCUT2D eigenvalue weighted by atomic mass is 10.2. The van der Waals surface area contributed by atoms with Gasteiger partial charge in [0.25, 0.3) is 0 Å². The summed E-state index contributed by atoms with van der Waals surface area (Å²) in [5, 5.41) is 10.8. The van der Waals surface area contributed by atoms with Gasteiger partial charge in [0.1, 0.15) is 0 Å². The molecular formula is C7H15N5. The van der Waals surface area contributed by atoms with Crippen molar-refractivity contribution in [3.63, 3.8) is 0 Å². The van der Waals surface area contributed by atoms with Crippen molar-refractivity contribution in [3.05, 3.63) is 5.82 Å². The molecule has 1 aromatic rings. The van der Waals surface area contributed by atoms with E-state index in [0.717, 1.165) is 18.2 Å². The monoisotopic (exact) mass is 169 g/mol. The first-order valence-corrected chi connectivity index (χ1v) is 4.03. The van der Waals surface area contributed by atoms with Gasteiger partial charge in [-0.25, -0.2) is 0 Å². The minimum absolute atomic E-state index is 0.0235. The third-order valence-electron chi connectivity index (χ3n) is 1.90. The summed E-state index contributed by atoms with van der Waals surface area (Å²) in [7, 11) is 3.71. The first kappa shape index (κ1) is 8.99. The van der Waals surface area contributed by atoms with E-state index in [4.69, 9.17) is 5.73 Å². The maximum absolute atomic E-state index is 5.81. The molecule has 1 aromatic heterocycles. The molecule has 0 bridgehead atoms. The summed E-state index contributed by atoms with van der Waals surface area (Å²) < 4.78 is 1.87. The van der Waals surface area contributed by atoms with Crippen LogP contribution in [0.4, 0.5) is 5.95 Å². The molecule has 0 saturated heterocycles. The van der Waals surface area contributed by atoms with Gasteiger partial charge in [-0.3, -0.25) is 4.57 Å². The summed E-state index contributed by atoms with van der Waals surface area (Å²) >= 11 is 0. The van der Waals surface area contributed by atoms with Crippen LogP contribution >= 0.6 is 0 Å². The number of hydrogen-bond donors (Lipinski definition) is 2. The van der Waals surface area contributed by atoms with Crippen LogP contribution in [0.15, 0.2) is 0 Å². The first-order chi connectivity index (χ1) is 5.70. The lowest BCUT2D eigenvalue weighted by Gasteiger charge is -2.07. The van der Waals surface area contributed by atoms with Crippen LogP contribution in [0.25, 0.3) is 0 Å². The maximum atomic E-state index is 5.81. The molecule has 68 valence electrons. The molecule has 0 aromatic carbocycles. The Morgan fingerprint density at radius 2 is 2.25 bits per heavy atom. The molecular weight excluding hydrogens is 154 g/mol. The second kappa shape index (κ2) is 3.53. The summed E-state index contributed by atoms with van der Waals surface area (Å²) in [6.07, 6.45) is 0.871. The fraction of sp³-hybridized carbons (Fsp3) is 0.714. The van der Waals surface area contributed by atoms with E-state index in [1.807, 2.05) is 25.6 Å². The summed E-state index contributed by atoms with van der Waals surface area (Å²) in [5.41, 5.74) is 5.81. The fourth-order valence-electron chi connectivity index (χ4n) is 1.06. The number of rotatable bonds is 3. The zero-order valence-corrected chi connectivity index (χ0v) is 7.70. The molecule has 0 aliphatic rings. The highest BCUT2D eigenvalue weighted by Gasteiger charge is 2.12. The standard InChI is InChI=1S/C7H15N5/c1-4-5(8)6-10-11-7(9-2)12(6)3/h5H,4,8H2,1-3H3,(H,9,11)/t5-/m0/s1. The van der Waals surface area contributed by atoms with Gasteiger partial charge < -0.3 is 11.1 Å². The summed E-state index contributed by atoms with van der Waals surface area (Å²) in [5.74, 6) is 1.57. The molecule has 0 amide bonds. The van der Waals surface area contributed by atoms with E-state index in [1.54, 1.807) is 0 Å². The van der Waals surface area contributed by atoms with Gasteiger partial charge in [0.2, 0.25) is 5.95 Å². The van der Waals surface area contributed by atoms with Crippen molar-refractivity contribution in [2.45, 2.75) is 19.4 Å². The SMILES string of the molecule is CC[C@H](N)c1nnc(NC)n1C. The zero-order chi connectivity index (χ0) is 9.14. The third kappa shape index (κ3) is 1.40. The van der Waals surface area contributed by atoms with Crippen LogP contribution in [0.1, 0.15) is 25.2 Å². The van der Waals surface area contributed by atoms with Crippen molar-refractivity contribution in [1.29, 1.82) is 0 Å². The number of hydrogen-bond acceptors (Lipinski definition) is 4. The molecule has 12 heavy (non-hydrogen) atoms. The predicted octanol–water partition coefficient (Wildman–Crippen LogP) is 0.267. The Kier molecular flexibility index (Phi) is 2.65. The quantitative estimate of drug-likeness (QED) is 0.681. The van der Waals surface area contributed by atoms with Gasteiger partial charge in [-0.05, 0) is 6.42 Å². The number of aromatic nitrogens is 3. The van der Waals surface area contributed by atoms with Gasteiger partial charge in [-0.2, -0.15) is 0 Å². The van der Waals surface area contributed by atoms with E-state index in [1.165, 1.54) is 0 Å². The second-order valence-corrected chi connectivity index (χ2v) is 2.71. The molecule has 0 aliphatic heterocycles. The molecule has 1 rings (SSSR count). The minimum atomic E-state index is -0.0235. The number of anilines is 1. The molecule has 1 atom stereocenters. The third-order valence-corrected chi connectivity index (χ3v) is 1.90. The van der Waals surface area contributed by atoms with Crippen molar-refractivity contribution < 1.29 is 0 Å². The Morgan fingerprint density at radius 3 is 2.67 bits per heavy atom. The van der Waals surface area contributed by atoms with Crippen LogP contribution in [0.3, 0.4) is 0 Å². The van der Waals surface area contributed by atoms with Crippen molar-refractivity contribution in [2.75, 3.05) is 12.4 Å². The molecule has 1 heterocycles. The highest BCUT2D eigenvalue weighted by Crippen LogP contribution is 2.12. The average molecular weight is 169 g/mol. The van der Waals surface area contributed by atoms with Gasteiger partial charge in [-0.15, -0.1) is 10.2 Å². The first-order valence-electron chi connectivity index (χ1n) is 4.03. The van der Waals surface area contributed by atoms with Crippen LogP contribution in [0.2, 0.25) is 0 Å². The van der Waals surface area contributed by atoms with E-state index >= 15 is 0 Å². The lowest BCUT2D eigenvalue weighted by molar-refractivity contribution is 0.616. The fourth-order valence-corrected chi connectivity index (χ4v) is 1.06. The van der Waals surface area contributed by atoms with Crippen LogP contribution in [-0.2, 0) is 7.05 Å². The smallest absolute Gasteiger partial charge is 0.224 e. The average Bonchev–Trinajstić information content (AvgIpc) is 2.45. The van der Waals surface area contributed by atoms with E-state index in [-0.39, 0.29) is 6.04 Å². The van der Waals surface area contributed by atoms with Crippen molar-refractivity contribution >= 4 is 5.95 Å². The van der Waals surface area contributed by atoms with Crippen LogP contribution in [-0.4, -0.2) is 21.8 Å². The zero-order valence-electron chi connectivity index (χ0n) is 7.70. The van der Waals surface area contributed by atoms with E-state index < -0.39 is 0 Å². The molecule has 5 nitrogen and oxygen atoms in total. The molecule has 0 unspecified atom stereocenters. The Morgan fingerprint density at radius 1 is 1.58 bits per heavy atom. The highest BCUT2D eigenvalue weighted by molar-refractivity contribution is 5.24. The Hall–Kier alpha value is -1.10. The highest BCUT2D eigenvalue weighted by atomic mass is 15.3. The molecule has 0 aliphatic carbocycles. The predicted molar refractivity (Wildman–Crippen MR) is 47.8 cm³/mol. The van der Waals surface area contributed by atoms with E-state index in [0.29, 0.717) is 0 Å². The molecule has 5 heteroatoms. The number of nitrogens with two attached hydrogens (primary N) is 1. The Labute approximate surface area is 72.0 Å². The van der Waals surface area contributed by atoms with Gasteiger partial charge in [0.15, 0.2) is 5.82 Å². The van der Waals surface area contributed by atoms with Crippen LogP contribution < -0.4 is 11.1 Å². The number of nitrogens with zero attached hydrogens (tertiary/aromatic N) is 3. The van der Waals surface area contributed by atoms with Crippen LogP contribution in [0, 0.1) is 0 Å². The van der Waals surface area contributed by atoms with Crippen molar-refractivity contribution in [3.8, 4) is 0 Å². The Bertz CT molecular complexity index is 254. The summed E-state index contributed by atoms with van der Waals surface area (Å²) in [4.78, 5) is 0. The largest absolute Gasteiger partial charge is 0.357 e. The number of nitrogens with one attached hydrogen (secondary N) is 1. The topological polar surface area (TPSA) is 68.8 Å². The van der Waals surface area contributed by atoms with Gasteiger partial charge >= 0.3 is 0 Å². The van der Waals surface area contributed by atoms with E-state index in [2.05, 4.69) is 15.5 Å². The van der Waals surface area contributed by atoms with E-state index in [9.17, 15) is 0 Å². The Balaban J connectivity index is 2.93. The normalized spacial score (nSPS) is 13.0. The molecule has 0 saturated carbocycles.